The molecule has 0 bridgehead atoms. The molecule has 3 rings (SSSR count). The van der Waals surface area contributed by atoms with Crippen molar-refractivity contribution < 1.29 is 4.74 Å². The van der Waals surface area contributed by atoms with Crippen molar-refractivity contribution in [2.45, 2.75) is 19.9 Å². The Balaban J connectivity index is 1.41. The van der Waals surface area contributed by atoms with E-state index in [0.29, 0.717) is 13.2 Å². The van der Waals surface area contributed by atoms with Crippen LogP contribution < -0.4 is 15.4 Å². The van der Waals surface area contributed by atoms with Gasteiger partial charge in [0.05, 0.1) is 12.7 Å². The molecule has 0 amide bonds. The monoisotopic (exact) mass is 365 g/mol. The van der Waals surface area contributed by atoms with Crippen LogP contribution >= 0.6 is 0 Å². The second-order valence-corrected chi connectivity index (χ2v) is 6.15. The number of aliphatic imine (C=N–C) groups is 1. The highest BCUT2D eigenvalue weighted by atomic mass is 16.5. The van der Waals surface area contributed by atoms with Gasteiger partial charge in [0.2, 0.25) is 0 Å². The molecule has 0 saturated heterocycles. The number of fused-ring (bicyclic) bond motifs is 1. The number of nitrogens with one attached hydrogen (secondary N) is 2. The summed E-state index contributed by atoms with van der Waals surface area (Å²) in [6.07, 6.45) is 6.58. The van der Waals surface area contributed by atoms with Gasteiger partial charge in [-0.1, -0.05) is 18.2 Å². The second-order valence-electron chi connectivity index (χ2n) is 6.15. The zero-order valence-corrected chi connectivity index (χ0v) is 15.8. The number of hydrogen-bond acceptors (Lipinski definition) is 3. The van der Waals surface area contributed by atoms with Crippen LogP contribution in [0.4, 0.5) is 0 Å². The summed E-state index contributed by atoms with van der Waals surface area (Å²) in [6.45, 7) is 5.87. The highest BCUT2D eigenvalue weighted by Gasteiger charge is 2.00. The van der Waals surface area contributed by atoms with Crippen LogP contribution in [0.2, 0.25) is 0 Å². The summed E-state index contributed by atoms with van der Waals surface area (Å²) in [5.41, 5.74) is 1.28. The van der Waals surface area contributed by atoms with Crippen LogP contribution in [0.25, 0.3) is 10.9 Å². The first-order valence-electron chi connectivity index (χ1n) is 9.45. The molecule has 1 aromatic carbocycles. The van der Waals surface area contributed by atoms with Crippen molar-refractivity contribution >= 4 is 16.9 Å². The molecule has 0 aliphatic rings. The van der Waals surface area contributed by atoms with E-state index in [0.717, 1.165) is 37.8 Å². The highest BCUT2D eigenvalue weighted by Crippen LogP contribution is 2.15. The Hall–Kier alpha value is -3.02. The highest BCUT2D eigenvalue weighted by molar-refractivity contribution is 5.80. The molecule has 0 saturated carbocycles. The minimum absolute atomic E-state index is 0.561. The second kappa shape index (κ2) is 10.2. The number of nitrogens with zero attached hydrogens (tertiary/aromatic N) is 3. The summed E-state index contributed by atoms with van der Waals surface area (Å²) in [5, 5.41) is 7.85. The lowest BCUT2D eigenvalue weighted by atomic mass is 10.2. The topological polar surface area (TPSA) is 63.5 Å². The first-order valence-corrected chi connectivity index (χ1v) is 9.45. The molecule has 2 aromatic heterocycles. The van der Waals surface area contributed by atoms with Crippen LogP contribution in [0.1, 0.15) is 13.3 Å². The number of rotatable bonds is 9. The number of benzene rings is 1. The summed E-state index contributed by atoms with van der Waals surface area (Å²) in [5.74, 6) is 1.60. The Morgan fingerprint density at radius 3 is 2.93 bits per heavy atom. The molecular formula is C21H27N5O. The molecule has 0 fully saturated rings. The predicted octanol–water partition coefficient (Wildman–Crippen LogP) is 3.06. The van der Waals surface area contributed by atoms with Gasteiger partial charge in [-0.05, 0) is 43.0 Å². The molecule has 6 heteroatoms. The van der Waals surface area contributed by atoms with E-state index >= 15 is 0 Å². The smallest absolute Gasteiger partial charge is 0.191 e. The quantitative estimate of drug-likeness (QED) is 0.348. The van der Waals surface area contributed by atoms with Crippen molar-refractivity contribution in [2.24, 2.45) is 4.99 Å². The first-order chi connectivity index (χ1) is 13.4. The first kappa shape index (κ1) is 18.8. The Morgan fingerprint density at radius 1 is 1.15 bits per heavy atom. The standard InChI is InChI=1S/C21H27N5O/c1-2-23-21(25-13-16-27-19-8-5-11-22-17-19)24-12-6-14-26-15-10-18-7-3-4-9-20(18)26/h3-5,7-11,15,17H,2,6,12-14,16H2,1H3,(H2,23,24,25). The molecule has 0 radical (unpaired) electrons. The lowest BCUT2D eigenvalue weighted by Gasteiger charge is -2.12. The van der Waals surface area contributed by atoms with E-state index in [1.165, 1.54) is 10.9 Å². The van der Waals surface area contributed by atoms with E-state index in [-0.39, 0.29) is 0 Å². The Kier molecular flexibility index (Phi) is 7.09. The van der Waals surface area contributed by atoms with Gasteiger partial charge in [0, 0.05) is 37.5 Å². The van der Waals surface area contributed by atoms with Crippen LogP contribution in [0, 0.1) is 0 Å². The molecule has 0 aliphatic heterocycles. The predicted molar refractivity (Wildman–Crippen MR) is 110 cm³/mol. The van der Waals surface area contributed by atoms with Gasteiger partial charge in [0.25, 0.3) is 0 Å². The van der Waals surface area contributed by atoms with Crippen molar-refractivity contribution in [3.05, 3.63) is 61.1 Å². The number of hydrogen-bond donors (Lipinski definition) is 2. The largest absolute Gasteiger partial charge is 0.490 e. The molecule has 0 spiro atoms. The third-order valence-corrected chi connectivity index (χ3v) is 4.15. The van der Waals surface area contributed by atoms with E-state index in [1.807, 2.05) is 12.1 Å². The zero-order chi connectivity index (χ0) is 18.7. The number of aromatic nitrogens is 2. The minimum Gasteiger partial charge on any atom is -0.490 e. The lowest BCUT2D eigenvalue weighted by molar-refractivity contribution is 0.320. The van der Waals surface area contributed by atoms with Crippen molar-refractivity contribution in [3.8, 4) is 5.75 Å². The maximum Gasteiger partial charge on any atom is 0.191 e. The van der Waals surface area contributed by atoms with Gasteiger partial charge >= 0.3 is 0 Å². The fourth-order valence-corrected chi connectivity index (χ4v) is 2.88. The number of ether oxygens (including phenoxy) is 1. The fourth-order valence-electron chi connectivity index (χ4n) is 2.88. The van der Waals surface area contributed by atoms with Crippen molar-refractivity contribution in [1.82, 2.24) is 20.2 Å². The average Bonchev–Trinajstić information content (AvgIpc) is 3.12. The number of pyridine rings is 1. The van der Waals surface area contributed by atoms with Crippen molar-refractivity contribution in [2.75, 3.05) is 26.2 Å². The molecule has 0 unspecified atom stereocenters. The van der Waals surface area contributed by atoms with E-state index < -0.39 is 0 Å². The Labute approximate surface area is 160 Å². The van der Waals surface area contributed by atoms with Gasteiger partial charge in [0.1, 0.15) is 12.4 Å². The van der Waals surface area contributed by atoms with Crippen molar-refractivity contribution in [3.63, 3.8) is 0 Å². The van der Waals surface area contributed by atoms with Crippen LogP contribution in [0.5, 0.6) is 5.75 Å². The summed E-state index contributed by atoms with van der Waals surface area (Å²) in [7, 11) is 0. The minimum atomic E-state index is 0.561. The number of guanidine groups is 1. The molecule has 27 heavy (non-hydrogen) atoms. The Bertz CT molecular complexity index is 844. The lowest BCUT2D eigenvalue weighted by Crippen LogP contribution is -2.39. The summed E-state index contributed by atoms with van der Waals surface area (Å²) >= 11 is 0. The van der Waals surface area contributed by atoms with Crippen molar-refractivity contribution in [1.29, 1.82) is 0 Å². The van der Waals surface area contributed by atoms with Gasteiger partial charge in [-0.25, -0.2) is 0 Å². The van der Waals surface area contributed by atoms with Gasteiger partial charge in [0.15, 0.2) is 5.96 Å². The SMILES string of the molecule is CCNC(=NCCCn1ccc2ccccc21)NCCOc1cccnc1. The van der Waals surface area contributed by atoms with Crippen LogP contribution in [-0.2, 0) is 6.54 Å². The Morgan fingerprint density at radius 2 is 2.07 bits per heavy atom. The number of para-hydroxylation sites is 1. The zero-order valence-electron chi connectivity index (χ0n) is 15.8. The molecule has 3 aromatic rings. The van der Waals surface area contributed by atoms with Gasteiger partial charge < -0.3 is 19.9 Å². The summed E-state index contributed by atoms with van der Waals surface area (Å²) in [4.78, 5) is 8.69. The molecule has 2 N–H and O–H groups in total. The van der Waals surface area contributed by atoms with Crippen LogP contribution in [0.3, 0.4) is 0 Å². The van der Waals surface area contributed by atoms with Gasteiger partial charge in [-0.3, -0.25) is 9.98 Å². The third-order valence-electron chi connectivity index (χ3n) is 4.15. The third kappa shape index (κ3) is 5.74. The maximum atomic E-state index is 5.64. The summed E-state index contributed by atoms with van der Waals surface area (Å²) in [6, 6.07) is 14.4. The van der Waals surface area contributed by atoms with Crippen LogP contribution in [-0.4, -0.2) is 41.8 Å². The molecule has 6 nitrogen and oxygen atoms in total. The molecule has 2 heterocycles. The van der Waals surface area contributed by atoms with Crippen LogP contribution in [0.15, 0.2) is 66.0 Å². The normalized spacial score (nSPS) is 11.5. The van der Waals surface area contributed by atoms with Gasteiger partial charge in [-0.2, -0.15) is 0 Å². The molecular weight excluding hydrogens is 338 g/mol. The summed E-state index contributed by atoms with van der Waals surface area (Å²) < 4.78 is 7.92. The fraction of sp³-hybridized carbons (Fsp3) is 0.333. The molecule has 0 aliphatic carbocycles. The maximum absolute atomic E-state index is 5.64. The number of aryl methyl sites for hydroxylation is 1. The molecule has 0 atom stereocenters. The average molecular weight is 365 g/mol. The van der Waals surface area contributed by atoms with Gasteiger partial charge in [-0.15, -0.1) is 0 Å². The van der Waals surface area contributed by atoms with E-state index in [1.54, 1.807) is 12.4 Å². The van der Waals surface area contributed by atoms with E-state index in [4.69, 9.17) is 4.74 Å². The van der Waals surface area contributed by atoms with E-state index in [9.17, 15) is 0 Å². The van der Waals surface area contributed by atoms with E-state index in [2.05, 4.69) is 68.6 Å². The molecule has 142 valence electrons.